The number of hydrogen-bond donors (Lipinski definition) is 2. The summed E-state index contributed by atoms with van der Waals surface area (Å²) in [6, 6.07) is 6.42. The van der Waals surface area contributed by atoms with Gasteiger partial charge in [0.2, 0.25) is 0 Å². The van der Waals surface area contributed by atoms with Gasteiger partial charge in [0.05, 0.1) is 6.61 Å². The summed E-state index contributed by atoms with van der Waals surface area (Å²) in [6.07, 6.45) is 2.43. The standard InChI is InChI=1S/C13H18N2O/c1-2-11-3-4-12(6-13(11)15-5-1)16-9-10-7-14-8-10/h3-4,6,10,14-15H,1-2,5,7-9H2. The molecule has 0 aliphatic carbocycles. The van der Waals surface area contributed by atoms with Crippen molar-refractivity contribution in [3.05, 3.63) is 23.8 Å². The van der Waals surface area contributed by atoms with Crippen LogP contribution >= 0.6 is 0 Å². The summed E-state index contributed by atoms with van der Waals surface area (Å²) < 4.78 is 5.80. The highest BCUT2D eigenvalue weighted by Crippen LogP contribution is 2.26. The number of ether oxygens (including phenoxy) is 1. The fraction of sp³-hybridized carbons (Fsp3) is 0.538. The highest BCUT2D eigenvalue weighted by atomic mass is 16.5. The third-order valence-corrected chi connectivity index (χ3v) is 3.37. The van der Waals surface area contributed by atoms with Crippen LogP contribution in [0.15, 0.2) is 18.2 Å². The fourth-order valence-electron chi connectivity index (χ4n) is 2.21. The molecule has 16 heavy (non-hydrogen) atoms. The molecule has 1 fully saturated rings. The molecule has 0 saturated carbocycles. The summed E-state index contributed by atoms with van der Waals surface area (Å²) in [7, 11) is 0. The predicted molar refractivity (Wildman–Crippen MR) is 65.1 cm³/mol. The zero-order chi connectivity index (χ0) is 10.8. The van der Waals surface area contributed by atoms with Gasteiger partial charge in [0.25, 0.3) is 0 Å². The van der Waals surface area contributed by atoms with Crippen LogP contribution in [0.3, 0.4) is 0 Å². The van der Waals surface area contributed by atoms with Gasteiger partial charge in [0.1, 0.15) is 5.75 Å². The molecular weight excluding hydrogens is 200 g/mol. The molecule has 2 heterocycles. The van der Waals surface area contributed by atoms with Gasteiger partial charge >= 0.3 is 0 Å². The Bertz CT molecular complexity index is 374. The van der Waals surface area contributed by atoms with Crippen LogP contribution < -0.4 is 15.4 Å². The van der Waals surface area contributed by atoms with E-state index >= 15 is 0 Å². The lowest BCUT2D eigenvalue weighted by atomic mass is 10.0. The zero-order valence-electron chi connectivity index (χ0n) is 9.46. The largest absolute Gasteiger partial charge is 0.493 e. The average molecular weight is 218 g/mol. The minimum atomic E-state index is 0.698. The number of aryl methyl sites for hydroxylation is 1. The van der Waals surface area contributed by atoms with Crippen LogP contribution in [-0.4, -0.2) is 26.2 Å². The van der Waals surface area contributed by atoms with Gasteiger partial charge in [-0.25, -0.2) is 0 Å². The van der Waals surface area contributed by atoms with E-state index in [4.69, 9.17) is 4.74 Å². The molecule has 2 N–H and O–H groups in total. The molecule has 3 nitrogen and oxygen atoms in total. The smallest absolute Gasteiger partial charge is 0.121 e. The maximum absolute atomic E-state index is 5.80. The highest BCUT2D eigenvalue weighted by Gasteiger charge is 2.17. The van der Waals surface area contributed by atoms with E-state index in [-0.39, 0.29) is 0 Å². The Labute approximate surface area is 96.2 Å². The van der Waals surface area contributed by atoms with Gasteiger partial charge in [-0.05, 0) is 24.5 Å². The number of benzene rings is 1. The first-order chi connectivity index (χ1) is 7.92. The fourth-order valence-corrected chi connectivity index (χ4v) is 2.21. The highest BCUT2D eigenvalue weighted by molar-refractivity contribution is 5.56. The summed E-state index contributed by atoms with van der Waals surface area (Å²) in [5, 5.41) is 6.68. The van der Waals surface area contributed by atoms with Gasteiger partial charge in [0.15, 0.2) is 0 Å². The number of hydrogen-bond acceptors (Lipinski definition) is 3. The number of nitrogens with one attached hydrogen (secondary N) is 2. The minimum absolute atomic E-state index is 0.698. The summed E-state index contributed by atoms with van der Waals surface area (Å²) >= 11 is 0. The van der Waals surface area contributed by atoms with E-state index in [0.29, 0.717) is 5.92 Å². The molecule has 3 rings (SSSR count). The van der Waals surface area contributed by atoms with Crippen LogP contribution in [0.2, 0.25) is 0 Å². The van der Waals surface area contributed by atoms with Crippen LogP contribution in [0.5, 0.6) is 5.75 Å². The molecule has 2 aliphatic heterocycles. The van der Waals surface area contributed by atoms with E-state index in [1.54, 1.807) is 0 Å². The molecule has 1 saturated heterocycles. The van der Waals surface area contributed by atoms with E-state index in [2.05, 4.69) is 28.8 Å². The van der Waals surface area contributed by atoms with Crippen LogP contribution in [0, 0.1) is 5.92 Å². The molecule has 0 aromatic heterocycles. The van der Waals surface area contributed by atoms with Crippen LogP contribution in [0.1, 0.15) is 12.0 Å². The van der Waals surface area contributed by atoms with Gasteiger partial charge in [-0.15, -0.1) is 0 Å². The normalized spacial score (nSPS) is 19.5. The summed E-state index contributed by atoms with van der Waals surface area (Å²) in [5.41, 5.74) is 2.68. The van der Waals surface area contributed by atoms with Crippen molar-refractivity contribution in [2.75, 3.05) is 31.6 Å². The van der Waals surface area contributed by atoms with Gasteiger partial charge in [-0.2, -0.15) is 0 Å². The maximum atomic E-state index is 5.80. The van der Waals surface area contributed by atoms with Crippen molar-refractivity contribution in [2.45, 2.75) is 12.8 Å². The van der Waals surface area contributed by atoms with Gasteiger partial charge in [-0.3, -0.25) is 0 Å². The second-order valence-electron chi connectivity index (χ2n) is 4.68. The molecule has 0 bridgehead atoms. The van der Waals surface area contributed by atoms with Crippen molar-refractivity contribution >= 4 is 5.69 Å². The second kappa shape index (κ2) is 4.34. The van der Waals surface area contributed by atoms with Crippen molar-refractivity contribution in [3.8, 4) is 5.75 Å². The Morgan fingerprint density at radius 2 is 2.25 bits per heavy atom. The molecule has 0 spiro atoms. The molecule has 0 unspecified atom stereocenters. The van der Waals surface area contributed by atoms with Crippen molar-refractivity contribution in [2.24, 2.45) is 5.92 Å². The third kappa shape index (κ3) is 2.00. The Morgan fingerprint density at radius 1 is 1.31 bits per heavy atom. The topological polar surface area (TPSA) is 33.3 Å². The zero-order valence-corrected chi connectivity index (χ0v) is 9.46. The van der Waals surface area contributed by atoms with Crippen molar-refractivity contribution < 1.29 is 4.74 Å². The monoisotopic (exact) mass is 218 g/mol. The molecule has 0 amide bonds. The Morgan fingerprint density at radius 3 is 3.06 bits per heavy atom. The van der Waals surface area contributed by atoms with Gasteiger partial charge in [-0.1, -0.05) is 6.07 Å². The van der Waals surface area contributed by atoms with Crippen molar-refractivity contribution in [1.82, 2.24) is 5.32 Å². The van der Waals surface area contributed by atoms with Crippen LogP contribution in [0.4, 0.5) is 5.69 Å². The number of fused-ring (bicyclic) bond motifs is 1. The maximum Gasteiger partial charge on any atom is 0.121 e. The summed E-state index contributed by atoms with van der Waals surface area (Å²) in [6.45, 7) is 4.13. The molecule has 0 atom stereocenters. The van der Waals surface area contributed by atoms with E-state index in [1.165, 1.54) is 24.1 Å². The SMILES string of the molecule is c1cc2c(cc1OCC1CNC1)NCCC2. The van der Waals surface area contributed by atoms with Gasteiger partial charge < -0.3 is 15.4 Å². The first-order valence-electron chi connectivity index (χ1n) is 6.12. The molecular formula is C13H18N2O. The van der Waals surface area contributed by atoms with Crippen LogP contribution in [0.25, 0.3) is 0 Å². The lowest BCUT2D eigenvalue weighted by Gasteiger charge is -2.27. The minimum Gasteiger partial charge on any atom is -0.493 e. The third-order valence-electron chi connectivity index (χ3n) is 3.37. The Balaban J connectivity index is 1.65. The summed E-state index contributed by atoms with van der Waals surface area (Å²) in [5.74, 6) is 1.70. The average Bonchev–Trinajstić information content (AvgIpc) is 2.27. The van der Waals surface area contributed by atoms with Crippen molar-refractivity contribution in [1.29, 1.82) is 0 Å². The molecule has 0 radical (unpaired) electrons. The van der Waals surface area contributed by atoms with E-state index in [0.717, 1.165) is 32.0 Å². The summed E-state index contributed by atoms with van der Waals surface area (Å²) in [4.78, 5) is 0. The number of rotatable bonds is 3. The lowest BCUT2D eigenvalue weighted by Crippen LogP contribution is -2.45. The van der Waals surface area contributed by atoms with Gasteiger partial charge in [0, 0.05) is 37.3 Å². The molecule has 1 aromatic carbocycles. The van der Waals surface area contributed by atoms with E-state index in [1.807, 2.05) is 0 Å². The molecule has 3 heteroatoms. The second-order valence-corrected chi connectivity index (χ2v) is 4.68. The van der Waals surface area contributed by atoms with E-state index < -0.39 is 0 Å². The predicted octanol–water partition coefficient (Wildman–Crippen LogP) is 1.64. The molecule has 86 valence electrons. The first-order valence-corrected chi connectivity index (χ1v) is 6.12. The van der Waals surface area contributed by atoms with Crippen LogP contribution in [-0.2, 0) is 6.42 Å². The molecule has 1 aromatic rings. The Hall–Kier alpha value is -1.22. The van der Waals surface area contributed by atoms with E-state index in [9.17, 15) is 0 Å². The quantitative estimate of drug-likeness (QED) is 0.809. The van der Waals surface area contributed by atoms with Crippen molar-refractivity contribution in [3.63, 3.8) is 0 Å². The molecule has 2 aliphatic rings. The first kappa shape index (κ1) is 9.97. The number of anilines is 1. The Kier molecular flexibility index (Phi) is 2.70. The lowest BCUT2D eigenvalue weighted by molar-refractivity contribution is 0.199.